The van der Waals surface area contributed by atoms with E-state index in [1.807, 2.05) is 52.0 Å². The van der Waals surface area contributed by atoms with Crippen LogP contribution in [0.15, 0.2) is 48.5 Å². The molecular formula is C28H31ClO3. The van der Waals surface area contributed by atoms with E-state index in [0.29, 0.717) is 16.5 Å². The van der Waals surface area contributed by atoms with Crippen molar-refractivity contribution in [3.05, 3.63) is 70.2 Å². The van der Waals surface area contributed by atoms with Gasteiger partial charge in [-0.15, -0.1) is 0 Å². The summed E-state index contributed by atoms with van der Waals surface area (Å²) in [6.45, 7) is 7.64. The maximum atomic E-state index is 12.4. The van der Waals surface area contributed by atoms with E-state index in [2.05, 4.69) is 24.3 Å². The van der Waals surface area contributed by atoms with Gasteiger partial charge in [-0.2, -0.15) is 0 Å². The second-order valence-corrected chi connectivity index (χ2v) is 10.3. The number of hydrogen-bond acceptors (Lipinski definition) is 2. The minimum absolute atomic E-state index is 0.573. The molecule has 1 atom stereocenters. The summed E-state index contributed by atoms with van der Waals surface area (Å²) in [6, 6.07) is 16.4. The van der Waals surface area contributed by atoms with E-state index in [1.54, 1.807) is 0 Å². The van der Waals surface area contributed by atoms with Gasteiger partial charge in [0.1, 0.15) is 0 Å². The molecule has 0 saturated heterocycles. The van der Waals surface area contributed by atoms with Crippen molar-refractivity contribution in [1.29, 1.82) is 0 Å². The molecule has 168 valence electrons. The number of carbonyl (C=O) groups is 1. The SMILES string of the molecule is Cc1cc2ccc(C3CCCC3)cc2c(-c2ccc(Cl)cc2)c1C(OC(C)(C)C)C(=O)O. The third-order valence-electron chi connectivity index (χ3n) is 6.33. The molecular weight excluding hydrogens is 420 g/mol. The van der Waals surface area contributed by atoms with Crippen LogP contribution in [0.4, 0.5) is 0 Å². The number of fused-ring (bicyclic) bond motifs is 1. The van der Waals surface area contributed by atoms with Gasteiger partial charge < -0.3 is 9.84 Å². The van der Waals surface area contributed by atoms with Crippen molar-refractivity contribution in [1.82, 2.24) is 0 Å². The van der Waals surface area contributed by atoms with E-state index in [4.69, 9.17) is 16.3 Å². The molecule has 32 heavy (non-hydrogen) atoms. The summed E-state index contributed by atoms with van der Waals surface area (Å²) >= 11 is 6.18. The van der Waals surface area contributed by atoms with Crippen LogP contribution in [-0.2, 0) is 9.53 Å². The summed E-state index contributed by atoms with van der Waals surface area (Å²) in [6.07, 6.45) is 3.90. The van der Waals surface area contributed by atoms with Crippen molar-refractivity contribution in [2.45, 2.75) is 71.0 Å². The largest absolute Gasteiger partial charge is 0.479 e. The van der Waals surface area contributed by atoms with E-state index in [-0.39, 0.29) is 0 Å². The maximum absolute atomic E-state index is 12.4. The Balaban J connectivity index is 2.02. The van der Waals surface area contributed by atoms with Gasteiger partial charge in [0.15, 0.2) is 6.10 Å². The zero-order valence-electron chi connectivity index (χ0n) is 19.2. The van der Waals surface area contributed by atoms with E-state index in [9.17, 15) is 9.90 Å². The molecule has 1 unspecified atom stereocenters. The fourth-order valence-electron chi connectivity index (χ4n) is 4.93. The van der Waals surface area contributed by atoms with E-state index >= 15 is 0 Å². The van der Waals surface area contributed by atoms with Gasteiger partial charge in [0, 0.05) is 10.6 Å². The molecule has 0 amide bonds. The third-order valence-corrected chi connectivity index (χ3v) is 6.58. The summed E-state index contributed by atoms with van der Waals surface area (Å²) in [5, 5.41) is 13.0. The first-order valence-electron chi connectivity index (χ1n) is 11.4. The highest BCUT2D eigenvalue weighted by atomic mass is 35.5. The van der Waals surface area contributed by atoms with Gasteiger partial charge in [0.05, 0.1) is 5.60 Å². The van der Waals surface area contributed by atoms with Crippen molar-refractivity contribution in [2.24, 2.45) is 0 Å². The molecule has 0 aromatic heterocycles. The molecule has 0 heterocycles. The normalized spacial score (nSPS) is 15.9. The predicted molar refractivity (Wildman–Crippen MR) is 132 cm³/mol. The van der Waals surface area contributed by atoms with Crippen molar-refractivity contribution < 1.29 is 14.6 Å². The Labute approximate surface area is 195 Å². The molecule has 1 N–H and O–H groups in total. The molecule has 1 aliphatic carbocycles. The molecule has 1 aliphatic rings. The fourth-order valence-corrected chi connectivity index (χ4v) is 5.06. The molecule has 4 heteroatoms. The Morgan fingerprint density at radius 3 is 2.31 bits per heavy atom. The topological polar surface area (TPSA) is 46.5 Å². The number of benzene rings is 3. The van der Waals surface area contributed by atoms with Crippen LogP contribution >= 0.6 is 11.6 Å². The average Bonchev–Trinajstić information content (AvgIpc) is 3.26. The Bertz CT molecular complexity index is 1140. The second kappa shape index (κ2) is 8.88. The van der Waals surface area contributed by atoms with E-state index in [1.165, 1.54) is 31.2 Å². The van der Waals surface area contributed by atoms with Gasteiger partial charge in [0.25, 0.3) is 0 Å². The lowest BCUT2D eigenvalue weighted by molar-refractivity contribution is -0.160. The maximum Gasteiger partial charge on any atom is 0.337 e. The van der Waals surface area contributed by atoms with Crippen LogP contribution in [0.2, 0.25) is 5.02 Å². The van der Waals surface area contributed by atoms with Gasteiger partial charge in [-0.3, -0.25) is 0 Å². The van der Waals surface area contributed by atoms with Crippen molar-refractivity contribution in [2.75, 3.05) is 0 Å². The lowest BCUT2D eigenvalue weighted by Gasteiger charge is -2.28. The Hall–Kier alpha value is -2.36. The van der Waals surface area contributed by atoms with Crippen LogP contribution in [0.1, 0.15) is 75.2 Å². The molecule has 4 rings (SSSR count). The van der Waals surface area contributed by atoms with Gasteiger partial charge in [-0.25, -0.2) is 4.79 Å². The van der Waals surface area contributed by atoms with Gasteiger partial charge >= 0.3 is 5.97 Å². The minimum atomic E-state index is -1.07. The number of aryl methyl sites for hydroxylation is 1. The lowest BCUT2D eigenvalue weighted by Crippen LogP contribution is -2.28. The van der Waals surface area contributed by atoms with Crippen molar-refractivity contribution >= 4 is 28.3 Å². The summed E-state index contributed by atoms with van der Waals surface area (Å²) in [7, 11) is 0. The zero-order valence-corrected chi connectivity index (χ0v) is 20.0. The molecule has 0 aliphatic heterocycles. The summed E-state index contributed by atoms with van der Waals surface area (Å²) < 4.78 is 6.11. The molecule has 1 fully saturated rings. The standard InChI is InChI=1S/C28H31ClO3/c1-17-15-21-10-9-20(18-7-5-6-8-18)16-23(21)25(19-11-13-22(29)14-12-19)24(17)26(27(30)31)32-28(2,3)4/h9-16,18,26H,5-8H2,1-4H3,(H,30,31). The second-order valence-electron chi connectivity index (χ2n) is 9.90. The number of hydrogen-bond donors (Lipinski definition) is 1. The molecule has 0 spiro atoms. The highest BCUT2D eigenvalue weighted by Gasteiger charge is 2.31. The zero-order chi connectivity index (χ0) is 23.0. The summed E-state index contributed by atoms with van der Waals surface area (Å²) in [5.74, 6) is -0.409. The highest BCUT2D eigenvalue weighted by Crippen LogP contribution is 2.43. The summed E-state index contributed by atoms with van der Waals surface area (Å²) in [4.78, 5) is 12.4. The fraction of sp³-hybridized carbons (Fsp3) is 0.393. The quantitative estimate of drug-likeness (QED) is 0.427. The van der Waals surface area contributed by atoms with Crippen LogP contribution in [-0.4, -0.2) is 16.7 Å². The number of carboxylic acid groups (broad SMARTS) is 1. The van der Waals surface area contributed by atoms with Gasteiger partial charge in [0.2, 0.25) is 0 Å². The van der Waals surface area contributed by atoms with E-state index < -0.39 is 17.7 Å². The van der Waals surface area contributed by atoms with E-state index in [0.717, 1.165) is 27.5 Å². The first-order valence-corrected chi connectivity index (χ1v) is 11.8. The number of carboxylic acids is 1. The summed E-state index contributed by atoms with van der Waals surface area (Å²) in [5.41, 5.74) is 4.23. The predicted octanol–water partition coefficient (Wildman–Crippen LogP) is 8.07. The molecule has 3 aromatic rings. The Kier molecular flexibility index (Phi) is 6.33. The molecule has 0 bridgehead atoms. The lowest BCUT2D eigenvalue weighted by atomic mass is 9.85. The van der Waals surface area contributed by atoms with Crippen LogP contribution < -0.4 is 0 Å². The molecule has 0 radical (unpaired) electrons. The molecule has 3 aromatic carbocycles. The van der Waals surface area contributed by atoms with Crippen LogP contribution in [0.5, 0.6) is 0 Å². The van der Waals surface area contributed by atoms with Crippen LogP contribution in [0.25, 0.3) is 21.9 Å². The molecule has 1 saturated carbocycles. The van der Waals surface area contributed by atoms with Crippen LogP contribution in [0, 0.1) is 6.92 Å². The number of halogens is 1. The third kappa shape index (κ3) is 4.69. The first kappa shape index (κ1) is 22.8. The minimum Gasteiger partial charge on any atom is -0.479 e. The Morgan fingerprint density at radius 1 is 1.06 bits per heavy atom. The Morgan fingerprint density at radius 2 is 1.72 bits per heavy atom. The highest BCUT2D eigenvalue weighted by molar-refractivity contribution is 6.30. The average molecular weight is 451 g/mol. The monoisotopic (exact) mass is 450 g/mol. The van der Waals surface area contributed by atoms with Crippen molar-refractivity contribution in [3.63, 3.8) is 0 Å². The van der Waals surface area contributed by atoms with Crippen LogP contribution in [0.3, 0.4) is 0 Å². The first-order chi connectivity index (χ1) is 15.1. The van der Waals surface area contributed by atoms with Gasteiger partial charge in [-0.1, -0.05) is 60.8 Å². The molecule has 3 nitrogen and oxygen atoms in total. The number of aliphatic carboxylic acids is 1. The smallest absolute Gasteiger partial charge is 0.337 e. The van der Waals surface area contributed by atoms with Gasteiger partial charge in [-0.05, 0) is 91.6 Å². The van der Waals surface area contributed by atoms with Crippen molar-refractivity contribution in [3.8, 4) is 11.1 Å². The number of ether oxygens (including phenoxy) is 1. The number of rotatable bonds is 5.